The van der Waals surface area contributed by atoms with Gasteiger partial charge in [-0.3, -0.25) is 0 Å². The van der Waals surface area contributed by atoms with Gasteiger partial charge in [0.15, 0.2) is 0 Å². The molecule has 0 N–H and O–H groups in total. The molecule has 0 bridgehead atoms. The van der Waals surface area contributed by atoms with Gasteiger partial charge in [-0.1, -0.05) is 188 Å². The van der Waals surface area contributed by atoms with Crippen LogP contribution in [0.2, 0.25) is 0 Å². The Morgan fingerprint density at radius 1 is 0.352 bits per heavy atom. The molecule has 0 aliphatic carbocycles. The molecule has 7 rings (SSSR count). The van der Waals surface area contributed by atoms with Gasteiger partial charge >= 0.3 is 0 Å². The minimum absolute atomic E-state index is 0.00297. The highest BCUT2D eigenvalue weighted by Gasteiger charge is 2.30. The minimum Gasteiger partial charge on any atom is -0.309 e. The summed E-state index contributed by atoms with van der Waals surface area (Å²) in [4.78, 5) is 5.09. The minimum atomic E-state index is -0.0672. The number of aryl methyl sites for hydroxylation is 1. The number of hydrogen-bond acceptors (Lipinski definition) is 3. The van der Waals surface area contributed by atoms with Crippen molar-refractivity contribution >= 4 is 71.5 Å². The Balaban J connectivity index is 1.63. The molecule has 71 heavy (non-hydrogen) atoms. The average Bonchev–Trinajstić information content (AvgIpc) is 3.64. The maximum Gasteiger partial charge on any atom is 0.0647 e. The summed E-state index contributed by atoms with van der Waals surface area (Å²) in [5, 5.41) is 3.66. The SMILES string of the molecule is Cc1cc(N(c2ccc(C(C)(C)C)cc2Br)c2ccc(C(C)(C)C)cc2-c2cc(C(C)(C)C)cc(C(C)(C)C)c2)cc(N(c2cc(C(C)(C)C)cc(C(C)(C)C)c2)c2csc3ccc(C(C)(C)C)cc23)c1. The van der Waals surface area contributed by atoms with Gasteiger partial charge in [0.05, 0.1) is 17.1 Å². The van der Waals surface area contributed by atoms with Crippen LogP contribution in [0, 0.1) is 6.92 Å². The summed E-state index contributed by atoms with van der Waals surface area (Å²) in [5.41, 5.74) is 19.4. The fourth-order valence-electron chi connectivity index (χ4n) is 9.33. The normalized spacial score (nSPS) is 13.3. The molecule has 6 aromatic carbocycles. The van der Waals surface area contributed by atoms with Gasteiger partial charge in [-0.2, -0.15) is 0 Å². The van der Waals surface area contributed by atoms with Crippen molar-refractivity contribution < 1.29 is 0 Å². The molecule has 0 radical (unpaired) electrons. The zero-order chi connectivity index (χ0) is 52.8. The molecule has 7 aromatic rings. The third-order valence-electron chi connectivity index (χ3n) is 14.3. The third-order valence-corrected chi connectivity index (χ3v) is 15.9. The highest BCUT2D eigenvalue weighted by atomic mass is 79.9. The predicted octanol–water partition coefficient (Wildman–Crippen LogP) is 21.7. The van der Waals surface area contributed by atoms with E-state index in [1.165, 1.54) is 77.1 Å². The topological polar surface area (TPSA) is 6.48 Å². The molecule has 0 atom stereocenters. The summed E-state index contributed by atoms with van der Waals surface area (Å²) in [6.07, 6.45) is 0. The van der Waals surface area contributed by atoms with E-state index >= 15 is 0 Å². The average molecular weight is 1030 g/mol. The van der Waals surface area contributed by atoms with Crippen LogP contribution in [0.1, 0.15) is 190 Å². The first-order valence-corrected chi connectivity index (χ1v) is 27.6. The summed E-state index contributed by atoms with van der Waals surface area (Å²) >= 11 is 6.06. The van der Waals surface area contributed by atoms with Gasteiger partial charge < -0.3 is 9.80 Å². The van der Waals surface area contributed by atoms with Crippen molar-refractivity contribution in [3.05, 3.63) is 164 Å². The Morgan fingerprint density at radius 2 is 0.746 bits per heavy atom. The fourth-order valence-corrected chi connectivity index (χ4v) is 10.8. The maximum absolute atomic E-state index is 4.22. The van der Waals surface area contributed by atoms with Crippen LogP contribution in [0.15, 0.2) is 119 Å². The van der Waals surface area contributed by atoms with Crippen molar-refractivity contribution in [1.82, 2.24) is 0 Å². The third kappa shape index (κ3) is 11.8. The van der Waals surface area contributed by atoms with Crippen molar-refractivity contribution in [3.8, 4) is 11.1 Å². The highest BCUT2D eigenvalue weighted by molar-refractivity contribution is 9.10. The van der Waals surface area contributed by atoms with Crippen molar-refractivity contribution in [2.45, 2.75) is 190 Å². The summed E-state index contributed by atoms with van der Waals surface area (Å²) in [7, 11) is 0. The van der Waals surface area contributed by atoms with Crippen LogP contribution in [0.5, 0.6) is 0 Å². The Kier molecular flexibility index (Phi) is 14.3. The lowest BCUT2D eigenvalue weighted by Gasteiger charge is -2.34. The first-order valence-electron chi connectivity index (χ1n) is 25.9. The molecule has 1 aromatic heterocycles. The maximum atomic E-state index is 4.22. The van der Waals surface area contributed by atoms with Gasteiger partial charge in [0, 0.05) is 42.6 Å². The van der Waals surface area contributed by atoms with Gasteiger partial charge in [-0.05, 0) is 178 Å². The van der Waals surface area contributed by atoms with E-state index in [0.29, 0.717) is 0 Å². The monoisotopic (exact) mass is 1030 g/mol. The van der Waals surface area contributed by atoms with Crippen LogP contribution in [0.25, 0.3) is 21.2 Å². The molecule has 0 fully saturated rings. The molecule has 0 saturated heterocycles. The standard InChI is InChI=1S/C67H85BrN2S/c1-42-29-51(69(53-35-49(66(17,18)19)34-50(36-53)67(20,21)22)59-41-71-60-28-25-45(38-55(59)60)62(5,6)7)40-52(30-42)70(58-27-24-46(39-56(58)68)63(8,9)10)57-26-23-44(61(2,3)4)37-54(57)43-31-47(64(11,12)13)33-48(32-43)65(14,15)16/h23-41H,1-22H3. The van der Waals surface area contributed by atoms with E-state index in [1.54, 1.807) is 0 Å². The lowest BCUT2D eigenvalue weighted by molar-refractivity contribution is 0.568. The molecular formula is C67H85BrN2S. The number of rotatable bonds is 7. The van der Waals surface area contributed by atoms with Gasteiger partial charge in [-0.15, -0.1) is 11.3 Å². The molecule has 0 saturated carbocycles. The van der Waals surface area contributed by atoms with Gasteiger partial charge in [-0.25, -0.2) is 0 Å². The number of anilines is 6. The molecule has 0 amide bonds. The van der Waals surface area contributed by atoms with E-state index < -0.39 is 0 Å². The first-order chi connectivity index (χ1) is 32.4. The number of benzene rings is 6. The van der Waals surface area contributed by atoms with E-state index in [9.17, 15) is 0 Å². The summed E-state index contributed by atoms with van der Waals surface area (Å²) in [6.45, 7) is 51.2. The number of hydrogen-bond donors (Lipinski definition) is 0. The van der Waals surface area contributed by atoms with Crippen molar-refractivity contribution in [2.24, 2.45) is 0 Å². The van der Waals surface area contributed by atoms with Crippen molar-refractivity contribution in [1.29, 1.82) is 0 Å². The van der Waals surface area contributed by atoms with Crippen LogP contribution < -0.4 is 9.80 Å². The smallest absolute Gasteiger partial charge is 0.0647 e. The largest absolute Gasteiger partial charge is 0.309 e. The predicted molar refractivity (Wildman–Crippen MR) is 320 cm³/mol. The van der Waals surface area contributed by atoms with Crippen LogP contribution in [0.4, 0.5) is 34.1 Å². The Hall–Kier alpha value is -4.64. The van der Waals surface area contributed by atoms with Crippen molar-refractivity contribution in [2.75, 3.05) is 9.80 Å². The van der Waals surface area contributed by atoms with E-state index in [0.717, 1.165) is 27.2 Å². The zero-order valence-corrected chi connectivity index (χ0v) is 50.1. The number of nitrogens with zero attached hydrogens (tertiary/aromatic N) is 2. The number of fused-ring (bicyclic) bond motifs is 1. The second-order valence-electron chi connectivity index (χ2n) is 27.7. The molecule has 4 heteroatoms. The second kappa shape index (κ2) is 18.7. The molecule has 0 unspecified atom stereocenters. The van der Waals surface area contributed by atoms with Gasteiger partial charge in [0.25, 0.3) is 0 Å². The lowest BCUT2D eigenvalue weighted by Crippen LogP contribution is -2.20. The summed E-state index contributed by atoms with van der Waals surface area (Å²) < 4.78 is 2.34. The van der Waals surface area contributed by atoms with Gasteiger partial charge in [0.1, 0.15) is 0 Å². The van der Waals surface area contributed by atoms with Gasteiger partial charge in [0.2, 0.25) is 0 Å². The molecule has 2 nitrogen and oxygen atoms in total. The molecule has 0 spiro atoms. The summed E-state index contributed by atoms with van der Waals surface area (Å²) in [5.74, 6) is 0. The van der Waals surface area contributed by atoms with E-state index in [4.69, 9.17) is 0 Å². The van der Waals surface area contributed by atoms with E-state index in [-0.39, 0.29) is 37.9 Å². The summed E-state index contributed by atoms with van der Waals surface area (Å²) in [6, 6.07) is 43.3. The van der Waals surface area contributed by atoms with Crippen LogP contribution >= 0.6 is 27.3 Å². The molecule has 0 aliphatic heterocycles. The molecular weight excluding hydrogens is 945 g/mol. The quantitative estimate of drug-likeness (QED) is 0.157. The Labute approximate surface area is 443 Å². The second-order valence-corrected chi connectivity index (χ2v) is 29.5. The van der Waals surface area contributed by atoms with Crippen molar-refractivity contribution in [3.63, 3.8) is 0 Å². The van der Waals surface area contributed by atoms with E-state index in [1.807, 2.05) is 11.3 Å². The Bertz CT molecular complexity index is 3030. The number of thiophene rings is 1. The Morgan fingerprint density at radius 3 is 1.21 bits per heavy atom. The van der Waals surface area contributed by atoms with Crippen LogP contribution in [0.3, 0.4) is 0 Å². The lowest BCUT2D eigenvalue weighted by atomic mass is 9.78. The molecule has 0 aliphatic rings. The fraction of sp³-hybridized carbons (Fsp3) is 0.433. The van der Waals surface area contributed by atoms with Crippen LogP contribution in [-0.4, -0.2) is 0 Å². The first kappa shape index (κ1) is 54.1. The molecule has 376 valence electrons. The van der Waals surface area contributed by atoms with Crippen LogP contribution in [-0.2, 0) is 37.9 Å². The number of halogens is 1. The zero-order valence-electron chi connectivity index (χ0n) is 47.7. The highest BCUT2D eigenvalue weighted by Crippen LogP contribution is 2.51. The van der Waals surface area contributed by atoms with E-state index in [2.05, 4.69) is 293 Å². The molecule has 1 heterocycles.